The molecule has 2 aromatic rings. The number of rotatable bonds is 5. The lowest BCUT2D eigenvalue weighted by atomic mass is 9.97. The number of hydrogen-bond donors (Lipinski definition) is 0. The van der Waals surface area contributed by atoms with Gasteiger partial charge in [0, 0.05) is 7.05 Å². The van der Waals surface area contributed by atoms with Crippen molar-refractivity contribution in [3.8, 4) is 0 Å². The normalized spacial score (nSPS) is 12.0. The summed E-state index contributed by atoms with van der Waals surface area (Å²) in [6.45, 7) is 8.18. The molecule has 0 aliphatic heterocycles. The van der Waals surface area contributed by atoms with Gasteiger partial charge < -0.3 is 0 Å². The standard InChI is InChI=1S/C19H25NO2S/c1-14(2)16-11-12-18(15(3)4)19(13-16)23(21,22)20(5)17-9-7-6-8-10-17/h6-15H,1-5H3. The van der Waals surface area contributed by atoms with Crippen LogP contribution in [0.25, 0.3) is 0 Å². The predicted molar refractivity (Wildman–Crippen MR) is 96.7 cm³/mol. The molecule has 0 N–H and O–H groups in total. The second kappa shape index (κ2) is 6.75. The zero-order valence-electron chi connectivity index (χ0n) is 14.4. The van der Waals surface area contributed by atoms with Crippen molar-refractivity contribution >= 4 is 15.7 Å². The maximum atomic E-state index is 13.2. The van der Waals surface area contributed by atoms with E-state index in [2.05, 4.69) is 13.8 Å². The molecule has 4 heteroatoms. The number of para-hydroxylation sites is 1. The van der Waals surface area contributed by atoms with Crippen LogP contribution in [0.4, 0.5) is 5.69 Å². The van der Waals surface area contributed by atoms with Crippen molar-refractivity contribution < 1.29 is 8.42 Å². The molecule has 0 heterocycles. The molecular formula is C19H25NO2S. The first-order valence-electron chi connectivity index (χ1n) is 7.93. The van der Waals surface area contributed by atoms with Gasteiger partial charge in [-0.2, -0.15) is 0 Å². The van der Waals surface area contributed by atoms with Gasteiger partial charge in [-0.05, 0) is 41.2 Å². The lowest BCUT2D eigenvalue weighted by molar-refractivity contribution is 0.591. The summed E-state index contributed by atoms with van der Waals surface area (Å²) in [5.74, 6) is 0.428. The van der Waals surface area contributed by atoms with Gasteiger partial charge in [-0.1, -0.05) is 58.0 Å². The van der Waals surface area contributed by atoms with Crippen LogP contribution in [-0.2, 0) is 10.0 Å². The Balaban J connectivity index is 2.60. The molecule has 2 aromatic carbocycles. The Kier molecular flexibility index (Phi) is 5.15. The predicted octanol–water partition coefficient (Wildman–Crippen LogP) is 4.76. The monoisotopic (exact) mass is 331 g/mol. The second-order valence-corrected chi connectivity index (χ2v) is 8.35. The summed E-state index contributed by atoms with van der Waals surface area (Å²) in [6, 6.07) is 15.0. The van der Waals surface area contributed by atoms with Crippen LogP contribution in [0.15, 0.2) is 53.4 Å². The maximum Gasteiger partial charge on any atom is 0.264 e. The van der Waals surface area contributed by atoms with Crippen LogP contribution < -0.4 is 4.31 Å². The van der Waals surface area contributed by atoms with Crippen molar-refractivity contribution in [1.82, 2.24) is 0 Å². The molecule has 124 valence electrons. The van der Waals surface area contributed by atoms with E-state index >= 15 is 0 Å². The van der Waals surface area contributed by atoms with Crippen LogP contribution in [0, 0.1) is 0 Å². The summed E-state index contributed by atoms with van der Waals surface area (Å²) >= 11 is 0. The van der Waals surface area contributed by atoms with E-state index < -0.39 is 10.0 Å². The van der Waals surface area contributed by atoms with Crippen molar-refractivity contribution in [2.24, 2.45) is 0 Å². The fourth-order valence-electron chi connectivity index (χ4n) is 2.53. The Labute approximate surface area is 140 Å². The van der Waals surface area contributed by atoms with Gasteiger partial charge in [0.1, 0.15) is 0 Å². The molecule has 0 fully saturated rings. The van der Waals surface area contributed by atoms with Gasteiger partial charge >= 0.3 is 0 Å². The van der Waals surface area contributed by atoms with Crippen LogP contribution in [0.2, 0.25) is 0 Å². The minimum Gasteiger partial charge on any atom is -0.269 e. The van der Waals surface area contributed by atoms with Gasteiger partial charge in [-0.25, -0.2) is 8.42 Å². The van der Waals surface area contributed by atoms with Crippen molar-refractivity contribution in [2.45, 2.75) is 44.4 Å². The summed E-state index contributed by atoms with van der Waals surface area (Å²) in [7, 11) is -1.98. The number of hydrogen-bond acceptors (Lipinski definition) is 2. The zero-order valence-corrected chi connectivity index (χ0v) is 15.3. The molecule has 0 radical (unpaired) electrons. The highest BCUT2D eigenvalue weighted by molar-refractivity contribution is 7.92. The molecule has 0 unspecified atom stereocenters. The lowest BCUT2D eigenvalue weighted by Gasteiger charge is -2.23. The topological polar surface area (TPSA) is 37.4 Å². The van der Waals surface area contributed by atoms with E-state index in [-0.39, 0.29) is 11.8 Å². The zero-order chi connectivity index (χ0) is 17.2. The number of sulfonamides is 1. The highest BCUT2D eigenvalue weighted by atomic mass is 32.2. The molecule has 3 nitrogen and oxygen atoms in total. The van der Waals surface area contributed by atoms with E-state index in [1.165, 1.54) is 4.31 Å². The van der Waals surface area contributed by atoms with Crippen molar-refractivity contribution in [3.05, 3.63) is 59.7 Å². The molecule has 0 aromatic heterocycles. The third-order valence-corrected chi connectivity index (χ3v) is 5.93. The average Bonchev–Trinajstić information content (AvgIpc) is 2.54. The van der Waals surface area contributed by atoms with Crippen LogP contribution in [0.3, 0.4) is 0 Å². The number of anilines is 1. The van der Waals surface area contributed by atoms with E-state index in [9.17, 15) is 8.42 Å². The Morgan fingerprint density at radius 2 is 1.48 bits per heavy atom. The van der Waals surface area contributed by atoms with Crippen LogP contribution in [0.1, 0.15) is 50.7 Å². The molecule has 0 spiro atoms. The Morgan fingerprint density at radius 3 is 2.00 bits per heavy atom. The second-order valence-electron chi connectivity index (χ2n) is 6.41. The van der Waals surface area contributed by atoms with E-state index in [0.29, 0.717) is 10.6 Å². The first-order valence-corrected chi connectivity index (χ1v) is 9.37. The fraction of sp³-hybridized carbons (Fsp3) is 0.368. The SMILES string of the molecule is CC(C)c1ccc(C(C)C)c(S(=O)(=O)N(C)c2ccccc2)c1. The summed E-state index contributed by atoms with van der Waals surface area (Å²) in [6.07, 6.45) is 0. The smallest absolute Gasteiger partial charge is 0.264 e. The van der Waals surface area contributed by atoms with Crippen LogP contribution in [0.5, 0.6) is 0 Å². The maximum absolute atomic E-state index is 13.2. The molecule has 0 amide bonds. The van der Waals surface area contributed by atoms with Crippen molar-refractivity contribution in [2.75, 3.05) is 11.4 Å². The Morgan fingerprint density at radius 1 is 0.870 bits per heavy atom. The average molecular weight is 331 g/mol. The molecule has 0 atom stereocenters. The minimum absolute atomic E-state index is 0.144. The van der Waals surface area contributed by atoms with Gasteiger partial charge in [0.05, 0.1) is 10.6 Å². The number of nitrogens with zero attached hydrogens (tertiary/aromatic N) is 1. The number of benzene rings is 2. The summed E-state index contributed by atoms with van der Waals surface area (Å²) in [4.78, 5) is 0.407. The molecule has 0 saturated carbocycles. The van der Waals surface area contributed by atoms with Crippen molar-refractivity contribution in [1.29, 1.82) is 0 Å². The molecule has 0 bridgehead atoms. The fourth-order valence-corrected chi connectivity index (χ4v) is 4.12. The van der Waals surface area contributed by atoms with E-state index in [1.54, 1.807) is 19.2 Å². The van der Waals surface area contributed by atoms with E-state index in [0.717, 1.165) is 11.1 Å². The first kappa shape index (κ1) is 17.5. The van der Waals surface area contributed by atoms with Gasteiger partial charge in [-0.15, -0.1) is 0 Å². The molecule has 0 aliphatic rings. The first-order chi connectivity index (χ1) is 10.7. The summed E-state index contributed by atoms with van der Waals surface area (Å²) in [5, 5.41) is 0. The van der Waals surface area contributed by atoms with E-state index in [4.69, 9.17) is 0 Å². The molecule has 2 rings (SSSR count). The summed E-state index contributed by atoms with van der Waals surface area (Å²) < 4.78 is 27.7. The van der Waals surface area contributed by atoms with Gasteiger partial charge in [0.2, 0.25) is 0 Å². The quantitative estimate of drug-likeness (QED) is 0.792. The van der Waals surface area contributed by atoms with Crippen molar-refractivity contribution in [3.63, 3.8) is 0 Å². The van der Waals surface area contributed by atoms with Crippen LogP contribution in [-0.4, -0.2) is 15.5 Å². The van der Waals surface area contributed by atoms with Gasteiger partial charge in [0.15, 0.2) is 0 Å². The Bertz CT molecular complexity index is 765. The molecule has 0 saturated heterocycles. The highest BCUT2D eigenvalue weighted by Gasteiger charge is 2.26. The third kappa shape index (κ3) is 3.58. The Hall–Kier alpha value is -1.81. The minimum atomic E-state index is -3.59. The lowest BCUT2D eigenvalue weighted by Crippen LogP contribution is -2.27. The van der Waals surface area contributed by atoms with Gasteiger partial charge in [0.25, 0.3) is 10.0 Å². The van der Waals surface area contributed by atoms with E-state index in [1.807, 2.05) is 50.2 Å². The van der Waals surface area contributed by atoms with Gasteiger partial charge in [-0.3, -0.25) is 4.31 Å². The molecule has 0 aliphatic carbocycles. The van der Waals surface area contributed by atoms with Crippen LogP contribution >= 0.6 is 0 Å². The highest BCUT2D eigenvalue weighted by Crippen LogP contribution is 2.31. The molecule has 23 heavy (non-hydrogen) atoms. The summed E-state index contributed by atoms with van der Waals surface area (Å²) in [5.41, 5.74) is 2.56. The molecular weight excluding hydrogens is 306 g/mol. The third-order valence-electron chi connectivity index (χ3n) is 4.08. The largest absolute Gasteiger partial charge is 0.269 e.